The Morgan fingerprint density at radius 2 is 2.20 bits per heavy atom. The van der Waals surface area contributed by atoms with Gasteiger partial charge in [0.05, 0.1) is 16.1 Å². The van der Waals surface area contributed by atoms with Crippen LogP contribution >= 0.6 is 23.4 Å². The van der Waals surface area contributed by atoms with E-state index in [2.05, 4.69) is 5.32 Å². The molecule has 0 radical (unpaired) electrons. The first-order valence-corrected chi connectivity index (χ1v) is 7.52. The summed E-state index contributed by atoms with van der Waals surface area (Å²) in [6.45, 7) is 3.71. The largest absolute Gasteiger partial charge is 0.480 e. The number of carbonyl (C=O) groups excluding carboxylic acids is 1. The number of aryl methyl sites for hydroxylation is 1. The van der Waals surface area contributed by atoms with Gasteiger partial charge in [0.1, 0.15) is 6.04 Å². The molecule has 0 aliphatic carbocycles. The van der Waals surface area contributed by atoms with Crippen LogP contribution in [0.4, 0.5) is 10.5 Å². The van der Waals surface area contributed by atoms with E-state index in [0.29, 0.717) is 16.5 Å². The van der Waals surface area contributed by atoms with Crippen molar-refractivity contribution in [3.8, 4) is 0 Å². The Balaban J connectivity index is 2.16. The number of carboxylic acids is 1. The highest BCUT2D eigenvalue weighted by Crippen LogP contribution is 2.30. The van der Waals surface area contributed by atoms with E-state index in [-0.39, 0.29) is 5.37 Å². The fourth-order valence-corrected chi connectivity index (χ4v) is 3.49. The predicted octanol–water partition coefficient (Wildman–Crippen LogP) is 3.03. The molecule has 2 unspecified atom stereocenters. The van der Waals surface area contributed by atoms with Gasteiger partial charge < -0.3 is 10.4 Å². The second-order valence-electron chi connectivity index (χ2n) is 4.61. The molecule has 2 N–H and O–H groups in total. The van der Waals surface area contributed by atoms with E-state index in [1.807, 2.05) is 19.9 Å². The van der Waals surface area contributed by atoms with Crippen molar-refractivity contribution >= 4 is 41.1 Å². The van der Waals surface area contributed by atoms with Gasteiger partial charge in [0.2, 0.25) is 0 Å². The van der Waals surface area contributed by atoms with Gasteiger partial charge >= 0.3 is 12.0 Å². The van der Waals surface area contributed by atoms with Gasteiger partial charge in [-0.3, -0.25) is 4.90 Å². The molecule has 1 fully saturated rings. The fraction of sp³-hybridized carbons (Fsp3) is 0.385. The Bertz CT molecular complexity index is 552. The topological polar surface area (TPSA) is 69.6 Å². The SMILES string of the molecule is Cc1ccc(NC(=O)N2C(C)SCC2C(=O)O)c(Cl)c1. The van der Waals surface area contributed by atoms with Crippen molar-refractivity contribution in [2.24, 2.45) is 0 Å². The van der Waals surface area contributed by atoms with Crippen molar-refractivity contribution in [1.29, 1.82) is 0 Å². The number of urea groups is 1. The minimum absolute atomic E-state index is 0.180. The van der Waals surface area contributed by atoms with E-state index in [1.54, 1.807) is 12.1 Å². The molecule has 2 amide bonds. The molecule has 20 heavy (non-hydrogen) atoms. The molecular formula is C13H15ClN2O3S. The summed E-state index contributed by atoms with van der Waals surface area (Å²) in [5, 5.41) is 12.1. The molecule has 1 aromatic carbocycles. The van der Waals surface area contributed by atoms with Crippen LogP contribution in [0.15, 0.2) is 18.2 Å². The summed E-state index contributed by atoms with van der Waals surface area (Å²) < 4.78 is 0. The molecule has 1 aliphatic rings. The highest BCUT2D eigenvalue weighted by Gasteiger charge is 2.39. The molecule has 0 saturated carbocycles. The number of nitrogens with zero attached hydrogens (tertiary/aromatic N) is 1. The Morgan fingerprint density at radius 3 is 2.80 bits per heavy atom. The third kappa shape index (κ3) is 3.02. The molecule has 2 atom stereocenters. The maximum absolute atomic E-state index is 12.3. The summed E-state index contributed by atoms with van der Waals surface area (Å²) in [6.07, 6.45) is 0. The lowest BCUT2D eigenvalue weighted by Crippen LogP contribution is -2.46. The molecule has 2 rings (SSSR count). The summed E-state index contributed by atoms with van der Waals surface area (Å²) in [5.41, 5.74) is 1.47. The summed E-state index contributed by atoms with van der Waals surface area (Å²) >= 11 is 7.50. The number of benzene rings is 1. The highest BCUT2D eigenvalue weighted by molar-refractivity contribution is 8.00. The van der Waals surface area contributed by atoms with Gasteiger partial charge in [0.25, 0.3) is 0 Å². The molecule has 108 valence electrons. The number of rotatable bonds is 2. The number of aliphatic carboxylic acids is 1. The van der Waals surface area contributed by atoms with Crippen molar-refractivity contribution in [3.05, 3.63) is 28.8 Å². The molecule has 1 saturated heterocycles. The number of hydrogen-bond acceptors (Lipinski definition) is 3. The third-order valence-corrected chi connectivity index (χ3v) is 4.64. The molecule has 5 nitrogen and oxygen atoms in total. The Kier molecular flexibility index (Phi) is 4.45. The summed E-state index contributed by atoms with van der Waals surface area (Å²) in [4.78, 5) is 24.8. The van der Waals surface area contributed by atoms with Crippen molar-refractivity contribution in [2.45, 2.75) is 25.3 Å². The van der Waals surface area contributed by atoms with Crippen LogP contribution in [0, 0.1) is 6.92 Å². The number of nitrogens with one attached hydrogen (secondary N) is 1. The van der Waals surface area contributed by atoms with Crippen LogP contribution < -0.4 is 5.32 Å². The van der Waals surface area contributed by atoms with Crippen LogP contribution in [0.25, 0.3) is 0 Å². The van der Waals surface area contributed by atoms with Gasteiger partial charge in [-0.1, -0.05) is 17.7 Å². The van der Waals surface area contributed by atoms with Crippen LogP contribution in [0.2, 0.25) is 5.02 Å². The second-order valence-corrected chi connectivity index (χ2v) is 6.36. The van der Waals surface area contributed by atoms with Gasteiger partial charge in [0.15, 0.2) is 0 Å². The number of carbonyl (C=O) groups is 2. The van der Waals surface area contributed by atoms with Crippen LogP contribution in [0.5, 0.6) is 0 Å². The van der Waals surface area contributed by atoms with E-state index in [9.17, 15) is 9.59 Å². The van der Waals surface area contributed by atoms with Gasteiger partial charge in [-0.15, -0.1) is 11.8 Å². The lowest BCUT2D eigenvalue weighted by Gasteiger charge is -2.25. The quantitative estimate of drug-likeness (QED) is 0.880. The maximum Gasteiger partial charge on any atom is 0.327 e. The number of carboxylic acid groups (broad SMARTS) is 1. The standard InChI is InChI=1S/C13H15ClN2O3S/c1-7-3-4-10(9(14)5-7)15-13(19)16-8(2)20-6-11(16)12(17)18/h3-5,8,11H,6H2,1-2H3,(H,15,19)(H,17,18). The first-order chi connectivity index (χ1) is 9.40. The molecule has 0 bridgehead atoms. The Hall–Kier alpha value is -1.40. The van der Waals surface area contributed by atoms with E-state index in [1.165, 1.54) is 16.7 Å². The second kappa shape index (κ2) is 5.93. The molecule has 1 aromatic rings. The molecule has 0 aromatic heterocycles. The normalized spacial score (nSPS) is 21.9. The number of thioether (sulfide) groups is 1. The van der Waals surface area contributed by atoms with Crippen molar-refractivity contribution in [1.82, 2.24) is 4.90 Å². The first-order valence-electron chi connectivity index (χ1n) is 6.10. The predicted molar refractivity (Wildman–Crippen MR) is 80.4 cm³/mol. The Labute approximate surface area is 126 Å². The summed E-state index contributed by atoms with van der Waals surface area (Å²) in [7, 11) is 0. The number of anilines is 1. The molecule has 1 heterocycles. The van der Waals surface area contributed by atoms with E-state index < -0.39 is 18.0 Å². The van der Waals surface area contributed by atoms with Crippen molar-refractivity contribution in [2.75, 3.05) is 11.1 Å². The summed E-state index contributed by atoms with van der Waals surface area (Å²) in [6, 6.07) is 4.03. The Morgan fingerprint density at radius 1 is 1.50 bits per heavy atom. The average Bonchev–Trinajstić information content (AvgIpc) is 2.75. The first kappa shape index (κ1) is 15.0. The van der Waals surface area contributed by atoms with Crippen LogP contribution in [0.3, 0.4) is 0 Å². The lowest BCUT2D eigenvalue weighted by molar-refractivity contribution is -0.141. The minimum atomic E-state index is -0.994. The van der Waals surface area contributed by atoms with Crippen molar-refractivity contribution in [3.63, 3.8) is 0 Å². The smallest absolute Gasteiger partial charge is 0.327 e. The maximum atomic E-state index is 12.3. The van der Waals surface area contributed by atoms with Gasteiger partial charge in [-0.25, -0.2) is 9.59 Å². The number of hydrogen-bond donors (Lipinski definition) is 2. The molecule has 1 aliphatic heterocycles. The summed E-state index contributed by atoms with van der Waals surface area (Å²) in [5.74, 6) is -0.599. The zero-order valence-corrected chi connectivity index (χ0v) is 12.7. The highest BCUT2D eigenvalue weighted by atomic mass is 35.5. The molecular weight excluding hydrogens is 300 g/mol. The zero-order valence-electron chi connectivity index (χ0n) is 11.1. The van der Waals surface area contributed by atoms with Crippen LogP contribution in [0.1, 0.15) is 12.5 Å². The molecule has 7 heteroatoms. The molecule has 0 spiro atoms. The third-order valence-electron chi connectivity index (χ3n) is 3.11. The van der Waals surface area contributed by atoms with E-state index >= 15 is 0 Å². The lowest BCUT2D eigenvalue weighted by atomic mass is 10.2. The minimum Gasteiger partial charge on any atom is -0.480 e. The van der Waals surface area contributed by atoms with Gasteiger partial charge in [0, 0.05) is 5.75 Å². The zero-order chi connectivity index (χ0) is 14.9. The van der Waals surface area contributed by atoms with Crippen LogP contribution in [-0.4, -0.2) is 39.2 Å². The number of halogens is 1. The van der Waals surface area contributed by atoms with Crippen molar-refractivity contribution < 1.29 is 14.7 Å². The van der Waals surface area contributed by atoms with E-state index in [4.69, 9.17) is 16.7 Å². The van der Waals surface area contributed by atoms with Gasteiger partial charge in [-0.05, 0) is 31.5 Å². The monoisotopic (exact) mass is 314 g/mol. The number of amides is 2. The average molecular weight is 315 g/mol. The van der Waals surface area contributed by atoms with Crippen LogP contribution in [-0.2, 0) is 4.79 Å². The van der Waals surface area contributed by atoms with Gasteiger partial charge in [-0.2, -0.15) is 0 Å². The van der Waals surface area contributed by atoms with E-state index in [0.717, 1.165) is 5.56 Å². The fourth-order valence-electron chi connectivity index (χ4n) is 2.04.